The van der Waals surface area contributed by atoms with Gasteiger partial charge in [-0.15, -0.1) is 0 Å². The van der Waals surface area contributed by atoms with E-state index in [4.69, 9.17) is 23.2 Å². The molecule has 0 unspecified atom stereocenters. The van der Waals surface area contributed by atoms with Crippen molar-refractivity contribution < 1.29 is 9.90 Å². The lowest BCUT2D eigenvalue weighted by atomic mass is 9.97. The summed E-state index contributed by atoms with van der Waals surface area (Å²) in [5, 5.41) is 14.0. The maximum Gasteiger partial charge on any atom is 0.223 e. The zero-order chi connectivity index (χ0) is 13.9. The summed E-state index contributed by atoms with van der Waals surface area (Å²) >= 11 is 11.8. The molecule has 1 fully saturated rings. The van der Waals surface area contributed by atoms with Crippen LogP contribution in [0.5, 0.6) is 0 Å². The third-order valence-electron chi connectivity index (χ3n) is 3.52. The predicted octanol–water partition coefficient (Wildman–Crippen LogP) is 3.30. The van der Waals surface area contributed by atoms with Gasteiger partial charge in [0.05, 0.1) is 12.0 Å². The SMILES string of the molecule is O=C(CC1(O)CCCC1)NCc1ccc(Cl)cc1Cl. The van der Waals surface area contributed by atoms with Crippen molar-refractivity contribution in [2.75, 3.05) is 0 Å². The number of nitrogens with one attached hydrogen (secondary N) is 1. The molecule has 0 aliphatic heterocycles. The zero-order valence-electron chi connectivity index (χ0n) is 10.6. The molecular weight excluding hydrogens is 285 g/mol. The van der Waals surface area contributed by atoms with E-state index in [0.717, 1.165) is 18.4 Å². The highest BCUT2D eigenvalue weighted by atomic mass is 35.5. The fraction of sp³-hybridized carbons (Fsp3) is 0.500. The van der Waals surface area contributed by atoms with Crippen LogP contribution in [0.4, 0.5) is 0 Å². The van der Waals surface area contributed by atoms with Crippen molar-refractivity contribution in [1.82, 2.24) is 5.32 Å². The number of benzene rings is 1. The molecule has 0 heterocycles. The number of carbonyl (C=O) groups is 1. The van der Waals surface area contributed by atoms with Crippen LogP contribution in [0.25, 0.3) is 0 Å². The molecule has 1 saturated carbocycles. The van der Waals surface area contributed by atoms with Gasteiger partial charge in [-0.05, 0) is 30.5 Å². The van der Waals surface area contributed by atoms with Gasteiger partial charge >= 0.3 is 0 Å². The first kappa shape index (κ1) is 14.6. The summed E-state index contributed by atoms with van der Waals surface area (Å²) in [6.07, 6.45) is 3.57. The highest BCUT2D eigenvalue weighted by Crippen LogP contribution is 2.32. The van der Waals surface area contributed by atoms with Gasteiger partial charge in [-0.2, -0.15) is 0 Å². The van der Waals surface area contributed by atoms with Gasteiger partial charge in [0, 0.05) is 16.6 Å². The van der Waals surface area contributed by atoms with Crippen LogP contribution in [0, 0.1) is 0 Å². The van der Waals surface area contributed by atoms with E-state index in [-0.39, 0.29) is 12.3 Å². The molecule has 0 radical (unpaired) electrons. The average molecular weight is 302 g/mol. The van der Waals surface area contributed by atoms with Crippen molar-refractivity contribution in [3.63, 3.8) is 0 Å². The van der Waals surface area contributed by atoms with E-state index >= 15 is 0 Å². The molecule has 2 N–H and O–H groups in total. The van der Waals surface area contributed by atoms with Crippen LogP contribution in [0.2, 0.25) is 10.0 Å². The van der Waals surface area contributed by atoms with E-state index in [0.29, 0.717) is 29.4 Å². The van der Waals surface area contributed by atoms with Gasteiger partial charge in [-0.25, -0.2) is 0 Å². The molecule has 5 heteroatoms. The first-order chi connectivity index (χ1) is 8.98. The third-order valence-corrected chi connectivity index (χ3v) is 4.10. The normalized spacial score (nSPS) is 17.4. The lowest BCUT2D eigenvalue weighted by Crippen LogP contribution is -2.34. The van der Waals surface area contributed by atoms with Gasteiger partial charge in [-0.1, -0.05) is 42.1 Å². The van der Waals surface area contributed by atoms with Crippen LogP contribution in [0.15, 0.2) is 18.2 Å². The summed E-state index contributed by atoms with van der Waals surface area (Å²) < 4.78 is 0. The number of amides is 1. The first-order valence-electron chi connectivity index (χ1n) is 6.42. The molecule has 0 saturated heterocycles. The summed E-state index contributed by atoms with van der Waals surface area (Å²) in [6.45, 7) is 0.352. The van der Waals surface area contributed by atoms with Crippen molar-refractivity contribution in [2.24, 2.45) is 0 Å². The topological polar surface area (TPSA) is 49.3 Å². The van der Waals surface area contributed by atoms with E-state index in [2.05, 4.69) is 5.32 Å². The van der Waals surface area contributed by atoms with Crippen molar-refractivity contribution in [3.8, 4) is 0 Å². The summed E-state index contributed by atoms with van der Waals surface area (Å²) in [6, 6.07) is 5.17. The molecule has 0 spiro atoms. The standard InChI is InChI=1S/C14H17Cl2NO2/c15-11-4-3-10(12(16)7-11)9-17-13(18)8-14(19)5-1-2-6-14/h3-4,7,19H,1-2,5-6,8-9H2,(H,17,18). The molecule has 1 aliphatic rings. The molecule has 104 valence electrons. The van der Waals surface area contributed by atoms with Crippen LogP contribution in [-0.4, -0.2) is 16.6 Å². The zero-order valence-corrected chi connectivity index (χ0v) is 12.1. The molecule has 1 aromatic carbocycles. The Morgan fingerprint density at radius 3 is 2.63 bits per heavy atom. The molecule has 0 bridgehead atoms. The van der Waals surface area contributed by atoms with Gasteiger partial charge in [0.2, 0.25) is 5.91 Å². The molecule has 1 aliphatic carbocycles. The number of hydrogen-bond donors (Lipinski definition) is 2. The third kappa shape index (κ3) is 4.10. The fourth-order valence-corrected chi connectivity index (χ4v) is 2.91. The van der Waals surface area contributed by atoms with E-state index < -0.39 is 5.60 Å². The monoisotopic (exact) mass is 301 g/mol. The molecule has 3 nitrogen and oxygen atoms in total. The highest BCUT2D eigenvalue weighted by molar-refractivity contribution is 6.35. The van der Waals surface area contributed by atoms with Gasteiger partial charge in [0.1, 0.15) is 0 Å². The molecular formula is C14H17Cl2NO2. The minimum Gasteiger partial charge on any atom is -0.389 e. The second-order valence-corrected chi connectivity index (χ2v) is 5.96. The second-order valence-electron chi connectivity index (χ2n) is 5.12. The molecule has 0 atom stereocenters. The Hall–Kier alpha value is -0.770. The van der Waals surface area contributed by atoms with Crippen LogP contribution >= 0.6 is 23.2 Å². The van der Waals surface area contributed by atoms with Crippen molar-refractivity contribution in [3.05, 3.63) is 33.8 Å². The quantitative estimate of drug-likeness (QED) is 0.896. The van der Waals surface area contributed by atoms with E-state index in [1.54, 1.807) is 18.2 Å². The van der Waals surface area contributed by atoms with Gasteiger partial charge in [0.15, 0.2) is 0 Å². The predicted molar refractivity (Wildman–Crippen MR) is 76.3 cm³/mol. The van der Waals surface area contributed by atoms with Gasteiger partial charge in [0.25, 0.3) is 0 Å². The Kier molecular flexibility index (Phi) is 4.71. The van der Waals surface area contributed by atoms with Crippen LogP contribution < -0.4 is 5.32 Å². The minimum absolute atomic E-state index is 0.143. The minimum atomic E-state index is -0.812. The van der Waals surface area contributed by atoms with Crippen LogP contribution in [0.1, 0.15) is 37.7 Å². The molecule has 2 rings (SSSR count). The van der Waals surface area contributed by atoms with Crippen LogP contribution in [-0.2, 0) is 11.3 Å². The maximum atomic E-state index is 11.8. The van der Waals surface area contributed by atoms with Crippen molar-refractivity contribution >= 4 is 29.1 Å². The lowest BCUT2D eigenvalue weighted by Gasteiger charge is -2.21. The molecule has 19 heavy (non-hydrogen) atoms. The van der Waals surface area contributed by atoms with Gasteiger partial charge < -0.3 is 10.4 Å². The Balaban J connectivity index is 1.86. The first-order valence-corrected chi connectivity index (χ1v) is 7.17. The average Bonchev–Trinajstić information content (AvgIpc) is 2.74. The van der Waals surface area contributed by atoms with E-state index in [9.17, 15) is 9.90 Å². The van der Waals surface area contributed by atoms with E-state index in [1.165, 1.54) is 0 Å². The largest absolute Gasteiger partial charge is 0.389 e. The van der Waals surface area contributed by atoms with Gasteiger partial charge in [-0.3, -0.25) is 4.79 Å². The maximum absolute atomic E-state index is 11.8. The fourth-order valence-electron chi connectivity index (χ4n) is 2.43. The van der Waals surface area contributed by atoms with E-state index in [1.807, 2.05) is 0 Å². The van der Waals surface area contributed by atoms with Crippen molar-refractivity contribution in [1.29, 1.82) is 0 Å². The Labute approximate surface area is 122 Å². The molecule has 0 aromatic heterocycles. The lowest BCUT2D eigenvalue weighted by molar-refractivity contribution is -0.126. The Bertz CT molecular complexity index is 471. The Morgan fingerprint density at radius 2 is 2.00 bits per heavy atom. The van der Waals surface area contributed by atoms with Crippen molar-refractivity contribution in [2.45, 2.75) is 44.2 Å². The summed E-state index contributed by atoms with van der Waals surface area (Å²) in [7, 11) is 0. The second kappa shape index (κ2) is 6.12. The molecule has 1 amide bonds. The number of rotatable bonds is 4. The smallest absolute Gasteiger partial charge is 0.223 e. The number of halogens is 2. The Morgan fingerprint density at radius 1 is 1.32 bits per heavy atom. The summed E-state index contributed by atoms with van der Waals surface area (Å²) in [4.78, 5) is 11.8. The van der Waals surface area contributed by atoms with Crippen LogP contribution in [0.3, 0.4) is 0 Å². The number of carbonyl (C=O) groups excluding carboxylic acids is 1. The summed E-state index contributed by atoms with van der Waals surface area (Å²) in [5.74, 6) is -0.143. The highest BCUT2D eigenvalue weighted by Gasteiger charge is 2.33. The number of hydrogen-bond acceptors (Lipinski definition) is 2. The molecule has 1 aromatic rings. The summed E-state index contributed by atoms with van der Waals surface area (Å²) in [5.41, 5.74) is 0.00580. The number of aliphatic hydroxyl groups is 1.